The molecule has 0 unspecified atom stereocenters. The molecule has 0 atom stereocenters. The van der Waals surface area contributed by atoms with Gasteiger partial charge in [0.05, 0.1) is 5.02 Å². The van der Waals surface area contributed by atoms with Crippen LogP contribution in [0.5, 0.6) is 0 Å². The van der Waals surface area contributed by atoms with E-state index in [1.807, 2.05) is 18.0 Å². The summed E-state index contributed by atoms with van der Waals surface area (Å²) in [6.07, 6.45) is 2.80. The summed E-state index contributed by atoms with van der Waals surface area (Å²) in [5.74, 6) is 0.739. The topological polar surface area (TPSA) is 42.2 Å². The second-order valence-corrected chi connectivity index (χ2v) is 4.84. The molecule has 0 aliphatic heterocycles. The van der Waals surface area contributed by atoms with Crippen LogP contribution in [0.25, 0.3) is 0 Å². The zero-order valence-electron chi connectivity index (χ0n) is 11.2. The van der Waals surface area contributed by atoms with Crippen molar-refractivity contribution in [2.45, 2.75) is 19.9 Å². The van der Waals surface area contributed by atoms with Crippen LogP contribution in [0.1, 0.15) is 18.1 Å². The highest BCUT2D eigenvalue weighted by atomic mass is 35.5. The van der Waals surface area contributed by atoms with E-state index in [2.05, 4.69) is 36.2 Å². The van der Waals surface area contributed by atoms with E-state index in [-0.39, 0.29) is 0 Å². The van der Waals surface area contributed by atoms with Crippen molar-refractivity contribution in [1.82, 2.24) is 4.98 Å². The summed E-state index contributed by atoms with van der Waals surface area (Å²) in [5, 5.41) is 0.616. The fourth-order valence-corrected chi connectivity index (χ4v) is 2.22. The maximum absolute atomic E-state index is 6.25. The summed E-state index contributed by atoms with van der Waals surface area (Å²) in [6, 6.07) is 10.3. The molecule has 0 radical (unpaired) electrons. The summed E-state index contributed by atoms with van der Waals surface area (Å²) < 4.78 is 0. The lowest BCUT2D eigenvalue weighted by atomic mass is 10.1. The van der Waals surface area contributed by atoms with Crippen LogP contribution in [0.15, 0.2) is 36.5 Å². The largest absolute Gasteiger partial charge is 0.328 e. The molecule has 0 saturated carbocycles. The number of rotatable bonds is 4. The Balaban J connectivity index is 2.29. The van der Waals surface area contributed by atoms with E-state index in [9.17, 15) is 0 Å². The number of nitrogens with two attached hydrogens (primary N) is 1. The van der Waals surface area contributed by atoms with Gasteiger partial charge in [-0.3, -0.25) is 0 Å². The molecule has 0 aliphatic carbocycles. The Morgan fingerprint density at radius 1 is 1.21 bits per heavy atom. The minimum atomic E-state index is 0.446. The van der Waals surface area contributed by atoms with Gasteiger partial charge in [0, 0.05) is 25.5 Å². The fourth-order valence-electron chi connectivity index (χ4n) is 1.91. The van der Waals surface area contributed by atoms with E-state index in [1.165, 1.54) is 5.56 Å². The third kappa shape index (κ3) is 3.06. The number of hydrogen-bond acceptors (Lipinski definition) is 3. The van der Waals surface area contributed by atoms with Crippen LogP contribution in [-0.4, -0.2) is 12.0 Å². The van der Waals surface area contributed by atoms with Crippen molar-refractivity contribution in [2.24, 2.45) is 5.73 Å². The van der Waals surface area contributed by atoms with Crippen molar-refractivity contribution in [3.8, 4) is 0 Å². The van der Waals surface area contributed by atoms with Gasteiger partial charge in [0.1, 0.15) is 0 Å². The number of anilines is 2. The van der Waals surface area contributed by atoms with Crippen LogP contribution in [0, 0.1) is 0 Å². The highest BCUT2D eigenvalue weighted by molar-refractivity contribution is 6.33. The molecule has 0 bridgehead atoms. The lowest BCUT2D eigenvalue weighted by Crippen LogP contribution is -2.12. The Morgan fingerprint density at radius 2 is 1.89 bits per heavy atom. The molecular weight excluding hydrogens is 258 g/mol. The first-order valence-electron chi connectivity index (χ1n) is 6.33. The lowest BCUT2D eigenvalue weighted by molar-refractivity contribution is 1.03. The van der Waals surface area contributed by atoms with Crippen molar-refractivity contribution >= 4 is 23.1 Å². The fraction of sp³-hybridized carbons (Fsp3) is 0.267. The van der Waals surface area contributed by atoms with Gasteiger partial charge >= 0.3 is 0 Å². The third-order valence-electron chi connectivity index (χ3n) is 3.16. The van der Waals surface area contributed by atoms with E-state index >= 15 is 0 Å². The van der Waals surface area contributed by atoms with Gasteiger partial charge in [-0.05, 0) is 35.7 Å². The molecular formula is C15H18ClN3. The third-order valence-corrected chi connectivity index (χ3v) is 3.44. The molecule has 4 heteroatoms. The Hall–Kier alpha value is -1.58. The molecule has 2 aromatic rings. The monoisotopic (exact) mass is 275 g/mol. The van der Waals surface area contributed by atoms with E-state index in [0.29, 0.717) is 11.6 Å². The van der Waals surface area contributed by atoms with Crippen LogP contribution in [0.2, 0.25) is 5.02 Å². The Kier molecular flexibility index (Phi) is 4.40. The maximum Gasteiger partial charge on any atom is 0.151 e. The normalized spacial score (nSPS) is 10.5. The number of aromatic nitrogens is 1. The number of benzene rings is 1. The molecule has 1 aromatic heterocycles. The molecule has 19 heavy (non-hydrogen) atoms. The van der Waals surface area contributed by atoms with E-state index in [0.717, 1.165) is 23.5 Å². The molecule has 1 heterocycles. The van der Waals surface area contributed by atoms with Crippen molar-refractivity contribution in [3.05, 3.63) is 52.7 Å². The van der Waals surface area contributed by atoms with Crippen molar-refractivity contribution < 1.29 is 0 Å². The van der Waals surface area contributed by atoms with Gasteiger partial charge in [-0.25, -0.2) is 4.98 Å². The Bertz CT molecular complexity index is 552. The van der Waals surface area contributed by atoms with Gasteiger partial charge < -0.3 is 10.6 Å². The number of pyridine rings is 1. The highest BCUT2D eigenvalue weighted by Crippen LogP contribution is 2.29. The van der Waals surface area contributed by atoms with Crippen LogP contribution in [0.3, 0.4) is 0 Å². The Morgan fingerprint density at radius 3 is 2.42 bits per heavy atom. The SMILES string of the molecule is CCc1ccc(N(C)c2ncc(CN)cc2Cl)cc1. The summed E-state index contributed by atoms with van der Waals surface area (Å²) in [4.78, 5) is 6.36. The second kappa shape index (κ2) is 6.04. The van der Waals surface area contributed by atoms with Crippen molar-refractivity contribution in [3.63, 3.8) is 0 Å². The number of halogens is 1. The minimum Gasteiger partial charge on any atom is -0.328 e. The van der Waals surface area contributed by atoms with Gasteiger partial charge in [0.15, 0.2) is 5.82 Å². The second-order valence-electron chi connectivity index (χ2n) is 4.43. The molecule has 0 fully saturated rings. The minimum absolute atomic E-state index is 0.446. The predicted octanol–water partition coefficient (Wildman–Crippen LogP) is 3.52. The average Bonchev–Trinajstić information content (AvgIpc) is 2.46. The lowest BCUT2D eigenvalue weighted by Gasteiger charge is -2.20. The zero-order valence-corrected chi connectivity index (χ0v) is 12.0. The smallest absolute Gasteiger partial charge is 0.151 e. The average molecular weight is 276 g/mol. The molecule has 3 nitrogen and oxygen atoms in total. The molecule has 0 aliphatic rings. The van der Waals surface area contributed by atoms with Crippen LogP contribution in [-0.2, 0) is 13.0 Å². The molecule has 2 N–H and O–H groups in total. The van der Waals surface area contributed by atoms with Crippen LogP contribution >= 0.6 is 11.6 Å². The summed E-state index contributed by atoms with van der Waals surface area (Å²) in [5.41, 5.74) is 8.89. The van der Waals surface area contributed by atoms with E-state index < -0.39 is 0 Å². The molecule has 0 amide bonds. The van der Waals surface area contributed by atoms with Gasteiger partial charge in [0.25, 0.3) is 0 Å². The van der Waals surface area contributed by atoms with Gasteiger partial charge in [0.2, 0.25) is 0 Å². The molecule has 2 rings (SSSR count). The van der Waals surface area contributed by atoms with Gasteiger partial charge in [-0.1, -0.05) is 30.7 Å². The molecule has 0 spiro atoms. The molecule has 100 valence electrons. The first-order valence-corrected chi connectivity index (χ1v) is 6.70. The van der Waals surface area contributed by atoms with Crippen molar-refractivity contribution in [1.29, 1.82) is 0 Å². The van der Waals surface area contributed by atoms with E-state index in [1.54, 1.807) is 6.20 Å². The highest BCUT2D eigenvalue weighted by Gasteiger charge is 2.10. The zero-order chi connectivity index (χ0) is 13.8. The standard InChI is InChI=1S/C15H18ClN3/c1-3-11-4-6-13(7-5-11)19(2)15-14(16)8-12(9-17)10-18-15/h4-8,10H,3,9,17H2,1-2H3. The molecule has 0 saturated heterocycles. The maximum atomic E-state index is 6.25. The first-order chi connectivity index (χ1) is 9.15. The van der Waals surface area contributed by atoms with Crippen molar-refractivity contribution in [2.75, 3.05) is 11.9 Å². The van der Waals surface area contributed by atoms with Crippen LogP contribution in [0.4, 0.5) is 11.5 Å². The van der Waals surface area contributed by atoms with E-state index in [4.69, 9.17) is 17.3 Å². The quantitative estimate of drug-likeness (QED) is 0.928. The number of hydrogen-bond donors (Lipinski definition) is 1. The summed E-state index contributed by atoms with van der Waals surface area (Å²) in [6.45, 7) is 2.59. The summed E-state index contributed by atoms with van der Waals surface area (Å²) >= 11 is 6.25. The first kappa shape index (κ1) is 13.8. The number of nitrogens with zero attached hydrogens (tertiary/aromatic N) is 2. The predicted molar refractivity (Wildman–Crippen MR) is 81.0 cm³/mol. The van der Waals surface area contributed by atoms with Crippen LogP contribution < -0.4 is 10.6 Å². The Labute approximate surface area is 119 Å². The van der Waals surface area contributed by atoms with Gasteiger partial charge in [-0.2, -0.15) is 0 Å². The number of aryl methyl sites for hydroxylation is 1. The van der Waals surface area contributed by atoms with Gasteiger partial charge in [-0.15, -0.1) is 0 Å². The molecule has 1 aromatic carbocycles. The summed E-state index contributed by atoms with van der Waals surface area (Å²) in [7, 11) is 1.96.